The van der Waals surface area contributed by atoms with Gasteiger partial charge in [-0.2, -0.15) is 13.2 Å². The zero-order valence-corrected chi connectivity index (χ0v) is 14.5. The zero-order valence-electron chi connectivity index (χ0n) is 14.5. The van der Waals surface area contributed by atoms with Crippen LogP contribution in [0.4, 0.5) is 13.2 Å². The van der Waals surface area contributed by atoms with E-state index in [0.29, 0.717) is 45.6 Å². The minimum absolute atomic E-state index is 0.00867. The van der Waals surface area contributed by atoms with E-state index in [1.807, 2.05) is 29.2 Å². The molecule has 1 aromatic rings. The molecule has 0 saturated carbocycles. The van der Waals surface area contributed by atoms with Crippen molar-refractivity contribution in [2.24, 2.45) is 0 Å². The number of nitrogens with zero attached hydrogens (tertiary/aromatic N) is 2. The number of ether oxygens (including phenoxy) is 2. The van der Waals surface area contributed by atoms with Gasteiger partial charge in [0, 0.05) is 45.8 Å². The standard InChI is InChI=1S/C18H23F3N2O3/c19-18(20,21)13-25-11-3-6-22-7-9-23(10-8-22)17(24)16-12-14-4-1-2-5-15(14)26-16/h1-2,4-5,16H,3,6-13H2. The highest BCUT2D eigenvalue weighted by atomic mass is 19.4. The van der Waals surface area contributed by atoms with Crippen LogP contribution in [-0.4, -0.2) is 73.9 Å². The van der Waals surface area contributed by atoms with Crippen molar-refractivity contribution in [1.29, 1.82) is 0 Å². The van der Waals surface area contributed by atoms with E-state index in [0.717, 1.165) is 11.3 Å². The number of rotatable bonds is 6. The molecule has 0 aromatic heterocycles. The van der Waals surface area contributed by atoms with E-state index in [-0.39, 0.29) is 12.5 Å². The van der Waals surface area contributed by atoms with Crippen molar-refractivity contribution in [1.82, 2.24) is 9.80 Å². The molecule has 1 amide bonds. The maximum absolute atomic E-state index is 12.6. The van der Waals surface area contributed by atoms with Crippen molar-refractivity contribution >= 4 is 5.91 Å². The molecule has 5 nitrogen and oxygen atoms in total. The number of amides is 1. The summed E-state index contributed by atoms with van der Waals surface area (Å²) in [5.41, 5.74) is 1.06. The van der Waals surface area contributed by atoms with E-state index in [4.69, 9.17) is 4.74 Å². The van der Waals surface area contributed by atoms with Gasteiger partial charge in [0.1, 0.15) is 12.4 Å². The minimum atomic E-state index is -4.27. The quantitative estimate of drug-likeness (QED) is 0.718. The molecule has 0 N–H and O–H groups in total. The number of carbonyl (C=O) groups excluding carboxylic acids is 1. The fourth-order valence-corrected chi connectivity index (χ4v) is 3.29. The zero-order chi connectivity index (χ0) is 18.6. The third-order valence-corrected chi connectivity index (χ3v) is 4.64. The lowest BCUT2D eigenvalue weighted by molar-refractivity contribution is -0.174. The molecule has 0 aliphatic carbocycles. The summed E-state index contributed by atoms with van der Waals surface area (Å²) in [4.78, 5) is 16.6. The van der Waals surface area contributed by atoms with Crippen molar-refractivity contribution < 1.29 is 27.4 Å². The second-order valence-electron chi connectivity index (χ2n) is 6.61. The van der Waals surface area contributed by atoms with Gasteiger partial charge in [-0.05, 0) is 18.1 Å². The Bertz CT molecular complexity index is 591. The number of carbonyl (C=O) groups is 1. The molecule has 1 atom stereocenters. The topological polar surface area (TPSA) is 42.0 Å². The van der Waals surface area contributed by atoms with Crippen LogP contribution in [0, 0.1) is 0 Å². The van der Waals surface area contributed by atoms with Crippen molar-refractivity contribution in [2.45, 2.75) is 25.1 Å². The summed E-state index contributed by atoms with van der Waals surface area (Å²) in [6, 6.07) is 7.68. The van der Waals surface area contributed by atoms with Crippen LogP contribution >= 0.6 is 0 Å². The van der Waals surface area contributed by atoms with Crippen LogP contribution in [0.2, 0.25) is 0 Å². The average molecular weight is 372 g/mol. The van der Waals surface area contributed by atoms with Gasteiger partial charge in [-0.1, -0.05) is 18.2 Å². The summed E-state index contributed by atoms with van der Waals surface area (Å²) >= 11 is 0. The van der Waals surface area contributed by atoms with Gasteiger partial charge in [-0.25, -0.2) is 0 Å². The van der Waals surface area contributed by atoms with E-state index in [1.165, 1.54) is 0 Å². The van der Waals surface area contributed by atoms with Gasteiger partial charge in [0.25, 0.3) is 5.91 Å². The minimum Gasteiger partial charge on any atom is -0.480 e. The molecular formula is C18H23F3N2O3. The van der Waals surface area contributed by atoms with Gasteiger partial charge in [0.15, 0.2) is 6.10 Å². The van der Waals surface area contributed by atoms with Crippen molar-refractivity contribution in [3.63, 3.8) is 0 Å². The highest BCUT2D eigenvalue weighted by molar-refractivity contribution is 5.82. The first-order chi connectivity index (χ1) is 12.4. The molecule has 1 unspecified atom stereocenters. The summed E-state index contributed by atoms with van der Waals surface area (Å²) in [5.74, 6) is 0.790. The predicted octanol–water partition coefficient (Wildman–Crippen LogP) is 2.10. The lowest BCUT2D eigenvalue weighted by Gasteiger charge is -2.35. The van der Waals surface area contributed by atoms with E-state index < -0.39 is 18.9 Å². The van der Waals surface area contributed by atoms with E-state index in [2.05, 4.69) is 9.64 Å². The third-order valence-electron chi connectivity index (χ3n) is 4.64. The van der Waals surface area contributed by atoms with Gasteiger partial charge in [-0.3, -0.25) is 9.69 Å². The number of para-hydroxylation sites is 1. The van der Waals surface area contributed by atoms with Crippen LogP contribution in [0.5, 0.6) is 5.75 Å². The van der Waals surface area contributed by atoms with Gasteiger partial charge in [0.05, 0.1) is 0 Å². The van der Waals surface area contributed by atoms with Gasteiger partial charge >= 0.3 is 6.18 Å². The smallest absolute Gasteiger partial charge is 0.411 e. The maximum atomic E-state index is 12.6. The monoisotopic (exact) mass is 372 g/mol. The summed E-state index contributed by atoms with van der Waals surface area (Å²) in [6.07, 6.45) is -3.57. The second-order valence-corrected chi connectivity index (χ2v) is 6.61. The molecule has 1 fully saturated rings. The van der Waals surface area contributed by atoms with Crippen molar-refractivity contribution in [3.05, 3.63) is 29.8 Å². The molecule has 0 bridgehead atoms. The maximum Gasteiger partial charge on any atom is 0.411 e. The Morgan fingerprint density at radius 2 is 1.92 bits per heavy atom. The summed E-state index contributed by atoms with van der Waals surface area (Å²) in [7, 11) is 0. The van der Waals surface area contributed by atoms with E-state index in [1.54, 1.807) is 0 Å². The molecule has 26 heavy (non-hydrogen) atoms. The average Bonchev–Trinajstić information content (AvgIpc) is 3.04. The largest absolute Gasteiger partial charge is 0.480 e. The van der Waals surface area contributed by atoms with E-state index in [9.17, 15) is 18.0 Å². The number of benzene rings is 1. The molecule has 2 aliphatic heterocycles. The normalized spacial score (nSPS) is 20.7. The molecular weight excluding hydrogens is 349 g/mol. The molecule has 8 heteroatoms. The number of hydrogen-bond donors (Lipinski definition) is 0. The van der Waals surface area contributed by atoms with Gasteiger partial charge in [0.2, 0.25) is 0 Å². The third kappa shape index (κ3) is 5.11. The molecule has 144 valence electrons. The van der Waals surface area contributed by atoms with Crippen LogP contribution in [-0.2, 0) is 16.0 Å². The highest BCUT2D eigenvalue weighted by Gasteiger charge is 2.33. The van der Waals surface area contributed by atoms with Crippen LogP contribution in [0.15, 0.2) is 24.3 Å². The first-order valence-corrected chi connectivity index (χ1v) is 8.82. The molecule has 2 aliphatic rings. The number of fused-ring (bicyclic) bond motifs is 1. The van der Waals surface area contributed by atoms with Gasteiger partial charge < -0.3 is 14.4 Å². The van der Waals surface area contributed by atoms with Crippen molar-refractivity contribution in [3.8, 4) is 5.75 Å². The fraction of sp³-hybridized carbons (Fsp3) is 0.611. The van der Waals surface area contributed by atoms with Crippen LogP contribution in [0.3, 0.4) is 0 Å². The fourth-order valence-electron chi connectivity index (χ4n) is 3.29. The molecule has 1 saturated heterocycles. The molecule has 0 radical (unpaired) electrons. The number of hydrogen-bond acceptors (Lipinski definition) is 4. The summed E-state index contributed by atoms with van der Waals surface area (Å²) < 4.78 is 46.3. The summed E-state index contributed by atoms with van der Waals surface area (Å²) in [5, 5.41) is 0. The Hall–Kier alpha value is -1.80. The van der Waals surface area contributed by atoms with Crippen LogP contribution in [0.1, 0.15) is 12.0 Å². The molecule has 1 aromatic carbocycles. The molecule has 0 spiro atoms. The Morgan fingerprint density at radius 3 is 2.62 bits per heavy atom. The first kappa shape index (κ1) is 19.0. The number of alkyl halides is 3. The lowest BCUT2D eigenvalue weighted by Crippen LogP contribution is -2.52. The Labute approximate surface area is 150 Å². The SMILES string of the molecule is O=C(C1Cc2ccccc2O1)N1CCN(CCCOCC(F)(F)F)CC1. The molecule has 3 rings (SSSR count). The number of piperazine rings is 1. The predicted molar refractivity (Wildman–Crippen MR) is 89.1 cm³/mol. The summed E-state index contributed by atoms with van der Waals surface area (Å²) in [6.45, 7) is 2.21. The van der Waals surface area contributed by atoms with Crippen molar-refractivity contribution in [2.75, 3.05) is 45.9 Å². The Kier molecular flexibility index (Phi) is 6.03. The van der Waals surface area contributed by atoms with E-state index >= 15 is 0 Å². The Balaban J connectivity index is 1.34. The Morgan fingerprint density at radius 1 is 1.19 bits per heavy atom. The van der Waals surface area contributed by atoms with Gasteiger partial charge in [-0.15, -0.1) is 0 Å². The number of halogens is 3. The van der Waals surface area contributed by atoms with Crippen LogP contribution in [0.25, 0.3) is 0 Å². The molecule has 2 heterocycles. The lowest BCUT2D eigenvalue weighted by atomic mass is 10.1. The highest BCUT2D eigenvalue weighted by Crippen LogP contribution is 2.29. The second kappa shape index (κ2) is 8.26. The first-order valence-electron chi connectivity index (χ1n) is 8.82. The van der Waals surface area contributed by atoms with Crippen LogP contribution < -0.4 is 4.74 Å².